The van der Waals surface area contributed by atoms with Gasteiger partial charge in [0.25, 0.3) is 0 Å². The van der Waals surface area contributed by atoms with E-state index in [0.29, 0.717) is 39.5 Å². The molecule has 4 aliphatic heterocycles. The first kappa shape index (κ1) is 29.8. The third-order valence-corrected chi connectivity index (χ3v) is 9.93. The molecule has 0 radical (unpaired) electrons. The summed E-state index contributed by atoms with van der Waals surface area (Å²) >= 11 is 6.66. The van der Waals surface area contributed by atoms with E-state index in [1.54, 1.807) is 21.3 Å². The van der Waals surface area contributed by atoms with Crippen LogP contribution in [0.4, 0.5) is 0 Å². The molecule has 7 nitrogen and oxygen atoms in total. The van der Waals surface area contributed by atoms with Gasteiger partial charge in [-0.3, -0.25) is 9.80 Å². The van der Waals surface area contributed by atoms with Gasteiger partial charge in [-0.05, 0) is 110 Å². The van der Waals surface area contributed by atoms with Gasteiger partial charge in [0.05, 0.1) is 26.4 Å². The summed E-state index contributed by atoms with van der Waals surface area (Å²) in [7, 11) is 9.40. The number of likely N-dealkylation sites (N-methyl/N-ethyl adjacent to an activating group) is 2. The number of hydrogen-bond donors (Lipinski definition) is 0. The topological polar surface area (TPSA) is 52.6 Å². The highest BCUT2D eigenvalue weighted by Gasteiger charge is 2.34. The lowest BCUT2D eigenvalue weighted by Gasteiger charge is -2.37. The van der Waals surface area contributed by atoms with Gasteiger partial charge >= 0.3 is 0 Å². The molecule has 2 atom stereocenters. The minimum atomic E-state index is -0.00162. The second-order valence-corrected chi connectivity index (χ2v) is 12.6. The predicted molar refractivity (Wildman–Crippen MR) is 176 cm³/mol. The van der Waals surface area contributed by atoms with Crippen LogP contribution in [0.5, 0.6) is 40.2 Å². The van der Waals surface area contributed by atoms with Gasteiger partial charge in [-0.15, -0.1) is 0 Å². The molecule has 45 heavy (non-hydrogen) atoms. The summed E-state index contributed by atoms with van der Waals surface area (Å²) in [6, 6.07) is 21.0. The Hall–Kier alpha value is -3.91. The van der Waals surface area contributed by atoms with E-state index in [1.807, 2.05) is 24.3 Å². The molecule has 4 aromatic rings. The first-order valence-corrected chi connectivity index (χ1v) is 15.9. The summed E-state index contributed by atoms with van der Waals surface area (Å²) in [5.41, 5.74) is 7.12. The van der Waals surface area contributed by atoms with E-state index in [2.05, 4.69) is 60.3 Å². The second-order valence-electron chi connectivity index (χ2n) is 12.2. The number of nitrogens with zero attached hydrogens (tertiary/aromatic N) is 2. The Balaban J connectivity index is 1.47. The zero-order chi connectivity index (χ0) is 31.2. The summed E-state index contributed by atoms with van der Waals surface area (Å²) < 4.78 is 31.2. The van der Waals surface area contributed by atoms with Crippen LogP contribution in [0.1, 0.15) is 45.5 Å². The van der Waals surface area contributed by atoms with Gasteiger partial charge in [-0.1, -0.05) is 29.8 Å². The van der Waals surface area contributed by atoms with Crippen molar-refractivity contribution in [2.45, 2.75) is 37.8 Å². The number of fused-ring (bicyclic) bond motifs is 2. The first-order valence-electron chi connectivity index (χ1n) is 15.5. The average Bonchev–Trinajstić information content (AvgIpc) is 3.05. The lowest BCUT2D eigenvalue weighted by atomic mass is 9.87. The summed E-state index contributed by atoms with van der Waals surface area (Å²) in [6.45, 7) is 1.86. The largest absolute Gasteiger partial charge is 0.493 e. The Bertz CT molecular complexity index is 1740. The van der Waals surface area contributed by atoms with Crippen molar-refractivity contribution in [1.82, 2.24) is 9.80 Å². The summed E-state index contributed by atoms with van der Waals surface area (Å²) in [6.07, 6.45) is 3.36. The Morgan fingerprint density at radius 1 is 0.689 bits per heavy atom. The molecule has 0 spiro atoms. The molecule has 0 amide bonds. The highest BCUT2D eigenvalue weighted by atomic mass is 35.5. The smallest absolute Gasteiger partial charge is 0.204 e. The van der Waals surface area contributed by atoms with Crippen molar-refractivity contribution < 1.29 is 23.7 Å². The molecule has 4 aromatic carbocycles. The highest BCUT2D eigenvalue weighted by molar-refractivity contribution is 6.32. The number of rotatable bonds is 3. The van der Waals surface area contributed by atoms with E-state index in [0.717, 1.165) is 55.6 Å². The molecule has 8 rings (SSSR count). The summed E-state index contributed by atoms with van der Waals surface area (Å²) in [5, 5.41) is 0.576. The molecule has 4 aliphatic rings. The molecule has 234 valence electrons. The monoisotopic (exact) mass is 626 g/mol. The molecule has 0 fully saturated rings. The Morgan fingerprint density at radius 3 is 2.09 bits per heavy atom. The van der Waals surface area contributed by atoms with Crippen molar-refractivity contribution >= 4 is 11.6 Å². The summed E-state index contributed by atoms with van der Waals surface area (Å²) in [4.78, 5) is 4.80. The Morgan fingerprint density at radius 2 is 1.36 bits per heavy atom. The van der Waals surface area contributed by atoms with Crippen molar-refractivity contribution in [1.29, 1.82) is 0 Å². The maximum atomic E-state index is 7.01. The SMILES string of the molecule is COc1cc2c3cc1Oc1c(OC)c(OC)cc4c1C(Cc1ccc(Cl)c(c1)Oc1ccc(cc1)CC3N(C)CC2)N(C)CC4. The van der Waals surface area contributed by atoms with Gasteiger partial charge < -0.3 is 23.7 Å². The zero-order valence-electron chi connectivity index (χ0n) is 26.5. The number of hydrogen-bond acceptors (Lipinski definition) is 7. The quantitative estimate of drug-likeness (QED) is 0.230. The number of ether oxygens (including phenoxy) is 5. The molecule has 0 aliphatic carbocycles. The fraction of sp³-hybridized carbons (Fsp3) is 0.351. The van der Waals surface area contributed by atoms with Crippen LogP contribution >= 0.6 is 11.6 Å². The summed E-state index contributed by atoms with van der Waals surface area (Å²) in [5.74, 6) is 4.64. The number of methoxy groups -OCH3 is 3. The average molecular weight is 627 g/mol. The third kappa shape index (κ3) is 5.47. The molecule has 6 bridgehead atoms. The van der Waals surface area contributed by atoms with Crippen molar-refractivity contribution in [3.63, 3.8) is 0 Å². The number of benzene rings is 4. The van der Waals surface area contributed by atoms with E-state index in [4.69, 9.17) is 35.3 Å². The van der Waals surface area contributed by atoms with E-state index in [-0.39, 0.29) is 12.1 Å². The minimum Gasteiger partial charge on any atom is -0.493 e. The zero-order valence-corrected chi connectivity index (χ0v) is 27.2. The molecular formula is C37H39ClN2O5. The molecule has 8 heteroatoms. The lowest BCUT2D eigenvalue weighted by molar-refractivity contribution is 0.220. The molecule has 2 unspecified atom stereocenters. The van der Waals surface area contributed by atoms with Gasteiger partial charge in [-0.2, -0.15) is 0 Å². The fourth-order valence-electron chi connectivity index (χ4n) is 7.10. The van der Waals surface area contributed by atoms with Crippen LogP contribution in [0.15, 0.2) is 60.7 Å². The van der Waals surface area contributed by atoms with Crippen LogP contribution in [0.3, 0.4) is 0 Å². The van der Waals surface area contributed by atoms with Gasteiger partial charge in [0.15, 0.2) is 23.0 Å². The van der Waals surface area contributed by atoms with Crippen LogP contribution in [0.25, 0.3) is 0 Å². The predicted octanol–water partition coefficient (Wildman–Crippen LogP) is 7.81. The van der Waals surface area contributed by atoms with Crippen molar-refractivity contribution in [2.24, 2.45) is 0 Å². The maximum absolute atomic E-state index is 7.01. The van der Waals surface area contributed by atoms with E-state index in [1.165, 1.54) is 22.3 Å². The molecule has 0 aromatic heterocycles. The van der Waals surface area contributed by atoms with Gasteiger partial charge in [0.1, 0.15) is 11.5 Å². The van der Waals surface area contributed by atoms with Crippen molar-refractivity contribution in [3.8, 4) is 40.2 Å². The molecule has 0 saturated heterocycles. The van der Waals surface area contributed by atoms with Gasteiger partial charge in [0.2, 0.25) is 5.75 Å². The molecule has 4 heterocycles. The van der Waals surface area contributed by atoms with Gasteiger partial charge in [-0.25, -0.2) is 0 Å². The third-order valence-electron chi connectivity index (χ3n) is 9.62. The van der Waals surface area contributed by atoms with Crippen LogP contribution in [0.2, 0.25) is 5.02 Å². The Kier molecular flexibility index (Phi) is 8.02. The normalized spacial score (nSPS) is 19.4. The van der Waals surface area contributed by atoms with E-state index >= 15 is 0 Å². The van der Waals surface area contributed by atoms with Crippen LogP contribution in [0, 0.1) is 0 Å². The van der Waals surface area contributed by atoms with Crippen LogP contribution < -0.4 is 23.7 Å². The lowest BCUT2D eigenvalue weighted by Crippen LogP contribution is -2.34. The fourth-order valence-corrected chi connectivity index (χ4v) is 7.26. The molecular weight excluding hydrogens is 588 g/mol. The van der Waals surface area contributed by atoms with Crippen molar-refractivity contribution in [3.05, 3.63) is 99.1 Å². The van der Waals surface area contributed by atoms with E-state index < -0.39 is 0 Å². The molecule has 0 saturated carbocycles. The molecule has 0 N–H and O–H groups in total. The first-order chi connectivity index (χ1) is 21.9. The van der Waals surface area contributed by atoms with E-state index in [9.17, 15) is 0 Å². The standard InChI is InChI=1S/C37H39ClN2O5/c1-39-14-12-24-19-32(41-3)33-21-27(24)29(39)16-22-6-9-26(10-7-22)44-31-18-23(8-11-28(31)38)17-30-35-25(13-15-40(30)2)20-34(42-4)36(43-5)37(35)45-33/h6-11,18-21,29-30H,12-17H2,1-5H3. The van der Waals surface area contributed by atoms with Crippen LogP contribution in [-0.4, -0.2) is 58.3 Å². The van der Waals surface area contributed by atoms with Crippen LogP contribution in [-0.2, 0) is 25.7 Å². The van der Waals surface area contributed by atoms with Crippen molar-refractivity contribution in [2.75, 3.05) is 48.5 Å². The second kappa shape index (κ2) is 12.1. The number of halogens is 1. The van der Waals surface area contributed by atoms with Gasteiger partial charge in [0, 0.05) is 30.7 Å². The maximum Gasteiger partial charge on any atom is 0.204 e. The Labute approximate surface area is 270 Å². The minimum absolute atomic E-state index is 0.00162. The highest BCUT2D eigenvalue weighted by Crippen LogP contribution is 2.52.